The van der Waals surface area contributed by atoms with Crippen molar-refractivity contribution in [3.63, 3.8) is 0 Å². The summed E-state index contributed by atoms with van der Waals surface area (Å²) in [6, 6.07) is 8.59. The summed E-state index contributed by atoms with van der Waals surface area (Å²) in [7, 11) is -4.67. The smallest absolute Gasteiger partial charge is 0.370 e. The third-order valence-electron chi connectivity index (χ3n) is 3.25. The first-order valence-electron chi connectivity index (χ1n) is 7.48. The Morgan fingerprint density at radius 3 is 2.55 bits per heavy atom. The Morgan fingerprint density at radius 1 is 1.18 bits per heavy atom. The van der Waals surface area contributed by atoms with Crippen LogP contribution < -0.4 is 5.32 Å². The van der Waals surface area contributed by atoms with Crippen LogP contribution in [0.25, 0.3) is 0 Å². The second kappa shape index (κ2) is 9.55. The molecule has 0 atom stereocenters. The van der Waals surface area contributed by atoms with Gasteiger partial charge in [0, 0.05) is 18.7 Å². The van der Waals surface area contributed by atoms with E-state index in [4.69, 9.17) is 17.5 Å². The topological polar surface area (TPSA) is 99.0 Å². The van der Waals surface area contributed by atoms with Crippen molar-refractivity contribution in [3.8, 4) is 0 Å². The molecule has 0 saturated heterocycles. The summed E-state index contributed by atoms with van der Waals surface area (Å²) in [5, 5.41) is 3.49. The lowest BCUT2D eigenvalue weighted by Gasteiger charge is -2.17. The summed E-state index contributed by atoms with van der Waals surface area (Å²) >= 11 is 0. The highest BCUT2D eigenvalue weighted by Gasteiger charge is 2.12. The maximum Gasteiger partial charge on any atom is 0.394 e. The van der Waals surface area contributed by atoms with Crippen molar-refractivity contribution in [2.75, 3.05) is 13.1 Å². The number of aliphatic imine (C=N–C) groups is 1. The van der Waals surface area contributed by atoms with Gasteiger partial charge in [0.2, 0.25) is 0 Å². The zero-order valence-electron chi connectivity index (χ0n) is 12.8. The van der Waals surface area contributed by atoms with Crippen molar-refractivity contribution in [2.45, 2.75) is 39.0 Å². The summed E-state index contributed by atoms with van der Waals surface area (Å²) in [6.07, 6.45) is 6.28. The van der Waals surface area contributed by atoms with E-state index in [-0.39, 0.29) is 0 Å². The molecule has 1 aliphatic heterocycles. The van der Waals surface area contributed by atoms with Crippen LogP contribution in [0.1, 0.15) is 43.7 Å². The number of amidine groups is 1. The number of benzene rings is 1. The van der Waals surface area contributed by atoms with Crippen LogP contribution in [0.4, 0.5) is 0 Å². The van der Waals surface area contributed by atoms with Crippen molar-refractivity contribution in [2.24, 2.45) is 4.99 Å². The second-order valence-electron chi connectivity index (χ2n) is 5.07. The Bertz CT molecular complexity index is 577. The van der Waals surface area contributed by atoms with E-state index >= 15 is 0 Å². The normalized spacial score (nSPS) is 13.5. The molecule has 0 aromatic heterocycles. The molecular formula is C15H24N2O4S. The van der Waals surface area contributed by atoms with E-state index in [2.05, 4.69) is 41.5 Å². The number of nitrogens with zero attached hydrogens (tertiary/aromatic N) is 1. The standard InChI is InChI=1S/C15H22N2.H2O4S/c1-2-3-4-7-11-16-15-14-9-6-5-8-13(14)10-12-17-15;1-5(2,3)4/h5-6,8-9H,2-4,7,10-12H2,1H3,(H,16,17);(H2,1,2,3,4). The summed E-state index contributed by atoms with van der Waals surface area (Å²) in [5.74, 6) is 1.10. The molecule has 0 amide bonds. The van der Waals surface area contributed by atoms with Crippen LogP contribution in [0, 0.1) is 0 Å². The Hall–Kier alpha value is -1.44. The zero-order chi connectivity index (χ0) is 16.4. The van der Waals surface area contributed by atoms with Gasteiger partial charge in [0.1, 0.15) is 5.84 Å². The highest BCUT2D eigenvalue weighted by Crippen LogP contribution is 2.14. The second-order valence-corrected chi connectivity index (χ2v) is 5.97. The molecule has 22 heavy (non-hydrogen) atoms. The summed E-state index contributed by atoms with van der Waals surface area (Å²) < 4.78 is 31.6. The minimum absolute atomic E-state index is 0.925. The third-order valence-corrected chi connectivity index (χ3v) is 3.25. The highest BCUT2D eigenvalue weighted by molar-refractivity contribution is 7.79. The van der Waals surface area contributed by atoms with E-state index in [0.29, 0.717) is 0 Å². The van der Waals surface area contributed by atoms with Gasteiger partial charge in [0.25, 0.3) is 0 Å². The van der Waals surface area contributed by atoms with E-state index in [9.17, 15) is 0 Å². The first-order valence-corrected chi connectivity index (χ1v) is 8.88. The molecule has 0 radical (unpaired) electrons. The maximum absolute atomic E-state index is 8.74. The van der Waals surface area contributed by atoms with Gasteiger partial charge in [-0.25, -0.2) is 0 Å². The molecular weight excluding hydrogens is 304 g/mol. The number of rotatable bonds is 5. The minimum Gasteiger partial charge on any atom is -0.370 e. The van der Waals surface area contributed by atoms with Gasteiger partial charge < -0.3 is 5.32 Å². The molecule has 7 heteroatoms. The molecule has 1 aromatic rings. The number of unbranched alkanes of at least 4 members (excludes halogenated alkanes) is 3. The van der Waals surface area contributed by atoms with Gasteiger partial charge in [-0.15, -0.1) is 0 Å². The van der Waals surface area contributed by atoms with Crippen LogP contribution in [0.15, 0.2) is 29.3 Å². The summed E-state index contributed by atoms with van der Waals surface area (Å²) in [6.45, 7) is 4.22. The van der Waals surface area contributed by atoms with Crippen LogP contribution in [0.3, 0.4) is 0 Å². The Morgan fingerprint density at radius 2 is 1.86 bits per heavy atom. The molecule has 0 saturated carbocycles. The lowest BCUT2D eigenvalue weighted by Crippen LogP contribution is -2.29. The first kappa shape index (κ1) is 18.6. The van der Waals surface area contributed by atoms with Gasteiger partial charge in [-0.2, -0.15) is 8.42 Å². The van der Waals surface area contributed by atoms with Crippen LogP contribution in [-0.2, 0) is 16.8 Å². The highest BCUT2D eigenvalue weighted by atomic mass is 32.3. The van der Waals surface area contributed by atoms with Gasteiger partial charge in [0.05, 0.1) is 0 Å². The van der Waals surface area contributed by atoms with Crippen LogP contribution >= 0.6 is 0 Å². The van der Waals surface area contributed by atoms with Crippen molar-refractivity contribution in [3.05, 3.63) is 35.4 Å². The number of fused-ring (bicyclic) bond motifs is 1. The van der Waals surface area contributed by atoms with Crippen molar-refractivity contribution in [1.29, 1.82) is 0 Å². The monoisotopic (exact) mass is 328 g/mol. The fourth-order valence-electron chi connectivity index (χ4n) is 2.25. The van der Waals surface area contributed by atoms with E-state index in [1.807, 2.05) is 0 Å². The van der Waals surface area contributed by atoms with Gasteiger partial charge in [0.15, 0.2) is 0 Å². The third kappa shape index (κ3) is 8.11. The zero-order valence-corrected chi connectivity index (χ0v) is 13.6. The van der Waals surface area contributed by atoms with E-state index in [1.165, 1.54) is 36.8 Å². The number of nitrogens with one attached hydrogen (secondary N) is 1. The Labute approximate surface area is 132 Å². The molecule has 0 unspecified atom stereocenters. The Balaban J connectivity index is 0.000000422. The summed E-state index contributed by atoms with van der Waals surface area (Å²) in [5.41, 5.74) is 2.73. The molecule has 1 aliphatic rings. The fraction of sp³-hybridized carbons (Fsp3) is 0.533. The molecule has 3 N–H and O–H groups in total. The predicted octanol–water partition coefficient (Wildman–Crippen LogP) is 2.51. The van der Waals surface area contributed by atoms with Crippen molar-refractivity contribution >= 4 is 16.2 Å². The molecule has 1 aromatic carbocycles. The number of hydrogen-bond acceptors (Lipinski definition) is 4. The van der Waals surface area contributed by atoms with Crippen LogP contribution in [0.2, 0.25) is 0 Å². The molecule has 0 fully saturated rings. The van der Waals surface area contributed by atoms with Crippen LogP contribution in [0.5, 0.6) is 0 Å². The lowest BCUT2D eigenvalue weighted by molar-refractivity contribution is 0.381. The maximum atomic E-state index is 8.74. The number of hydrogen-bond donors (Lipinski definition) is 3. The van der Waals surface area contributed by atoms with E-state index < -0.39 is 10.4 Å². The largest absolute Gasteiger partial charge is 0.394 e. The first-order chi connectivity index (χ1) is 10.4. The minimum atomic E-state index is -4.67. The van der Waals surface area contributed by atoms with Crippen LogP contribution in [-0.4, -0.2) is 36.4 Å². The lowest BCUT2D eigenvalue weighted by atomic mass is 10.0. The molecule has 124 valence electrons. The molecule has 0 bridgehead atoms. The van der Waals surface area contributed by atoms with Gasteiger partial charge in [-0.05, 0) is 18.4 Å². The fourth-order valence-corrected chi connectivity index (χ4v) is 2.25. The van der Waals surface area contributed by atoms with Gasteiger partial charge in [-0.3, -0.25) is 14.1 Å². The average molecular weight is 328 g/mol. The van der Waals surface area contributed by atoms with Gasteiger partial charge >= 0.3 is 10.4 Å². The molecule has 6 nitrogen and oxygen atoms in total. The van der Waals surface area contributed by atoms with E-state index in [0.717, 1.165) is 25.3 Å². The Kier molecular flexibility index (Phi) is 8.08. The van der Waals surface area contributed by atoms with E-state index in [1.54, 1.807) is 0 Å². The quantitative estimate of drug-likeness (QED) is 0.570. The average Bonchev–Trinajstić information content (AvgIpc) is 2.45. The molecule has 2 rings (SSSR count). The molecule has 0 aliphatic carbocycles. The van der Waals surface area contributed by atoms with Gasteiger partial charge in [-0.1, -0.05) is 50.5 Å². The summed E-state index contributed by atoms with van der Waals surface area (Å²) in [4.78, 5) is 4.59. The molecule has 1 heterocycles. The van der Waals surface area contributed by atoms with Crippen molar-refractivity contribution in [1.82, 2.24) is 5.32 Å². The van der Waals surface area contributed by atoms with Crippen molar-refractivity contribution < 1.29 is 17.5 Å². The predicted molar refractivity (Wildman–Crippen MR) is 87.9 cm³/mol. The SMILES string of the molecule is CCCCCCNC1=NCCc2ccccc21.O=S(=O)(O)O. The molecule has 0 spiro atoms.